The van der Waals surface area contributed by atoms with Crippen LogP contribution < -0.4 is 20.5 Å². The third-order valence-electron chi connectivity index (χ3n) is 2.96. The Bertz CT molecular complexity index is 614. The minimum atomic E-state index is 0.583. The van der Waals surface area contributed by atoms with Crippen molar-refractivity contribution in [2.24, 2.45) is 0 Å². The SMILES string of the molecule is CCOc1ccc(Nc2cc(N)c(C)cn2)cc1OCC. The maximum absolute atomic E-state index is 5.89. The number of benzene rings is 1. The second kappa shape index (κ2) is 6.83. The number of nitrogens with one attached hydrogen (secondary N) is 1. The first-order chi connectivity index (χ1) is 10.1. The molecular formula is C16H21N3O2. The molecule has 2 aromatic rings. The summed E-state index contributed by atoms with van der Waals surface area (Å²) in [6.45, 7) is 7.00. The molecule has 21 heavy (non-hydrogen) atoms. The number of pyridine rings is 1. The minimum absolute atomic E-state index is 0.583. The highest BCUT2D eigenvalue weighted by Gasteiger charge is 2.07. The number of aryl methyl sites for hydroxylation is 1. The first-order valence-electron chi connectivity index (χ1n) is 7.02. The lowest BCUT2D eigenvalue weighted by Crippen LogP contribution is -2.01. The molecule has 0 fully saturated rings. The number of nitrogen functional groups attached to an aromatic ring is 1. The van der Waals surface area contributed by atoms with Gasteiger partial charge in [-0.25, -0.2) is 4.98 Å². The zero-order valence-electron chi connectivity index (χ0n) is 12.6. The molecule has 1 aromatic heterocycles. The van der Waals surface area contributed by atoms with Crippen molar-refractivity contribution in [1.82, 2.24) is 4.98 Å². The molecule has 2 rings (SSSR count). The highest BCUT2D eigenvalue weighted by Crippen LogP contribution is 2.31. The van der Waals surface area contributed by atoms with Crippen molar-refractivity contribution in [3.05, 3.63) is 36.0 Å². The van der Waals surface area contributed by atoms with E-state index in [0.717, 1.165) is 17.0 Å². The van der Waals surface area contributed by atoms with Crippen LogP contribution in [0.5, 0.6) is 11.5 Å². The molecule has 0 saturated heterocycles. The Morgan fingerprint density at radius 3 is 2.48 bits per heavy atom. The zero-order chi connectivity index (χ0) is 15.2. The molecule has 0 amide bonds. The fraction of sp³-hybridized carbons (Fsp3) is 0.312. The Morgan fingerprint density at radius 2 is 1.81 bits per heavy atom. The fourth-order valence-electron chi connectivity index (χ4n) is 1.88. The Kier molecular flexibility index (Phi) is 4.87. The zero-order valence-corrected chi connectivity index (χ0v) is 12.6. The quantitative estimate of drug-likeness (QED) is 0.850. The van der Waals surface area contributed by atoms with Crippen LogP contribution in [0.3, 0.4) is 0 Å². The van der Waals surface area contributed by atoms with Gasteiger partial charge in [0.1, 0.15) is 5.82 Å². The van der Waals surface area contributed by atoms with E-state index in [1.807, 2.05) is 45.0 Å². The molecule has 0 unspecified atom stereocenters. The van der Waals surface area contributed by atoms with Crippen LogP contribution in [0.2, 0.25) is 0 Å². The van der Waals surface area contributed by atoms with Gasteiger partial charge in [-0.1, -0.05) is 0 Å². The smallest absolute Gasteiger partial charge is 0.163 e. The largest absolute Gasteiger partial charge is 0.490 e. The number of nitrogens with zero attached hydrogens (tertiary/aromatic N) is 1. The van der Waals surface area contributed by atoms with Gasteiger partial charge in [0.15, 0.2) is 11.5 Å². The van der Waals surface area contributed by atoms with Crippen LogP contribution >= 0.6 is 0 Å². The Labute approximate surface area is 125 Å². The number of aromatic nitrogens is 1. The summed E-state index contributed by atoms with van der Waals surface area (Å²) in [5, 5.41) is 3.21. The first-order valence-corrected chi connectivity index (χ1v) is 7.02. The predicted octanol–water partition coefficient (Wildman–Crippen LogP) is 3.51. The molecule has 3 N–H and O–H groups in total. The van der Waals surface area contributed by atoms with E-state index < -0.39 is 0 Å². The van der Waals surface area contributed by atoms with Gasteiger partial charge < -0.3 is 20.5 Å². The van der Waals surface area contributed by atoms with Gasteiger partial charge in [-0.2, -0.15) is 0 Å². The van der Waals surface area contributed by atoms with Gasteiger partial charge in [-0.05, 0) is 38.5 Å². The standard InChI is InChI=1S/C16H21N3O2/c1-4-20-14-7-6-12(8-15(14)21-5-2)19-16-9-13(17)11(3)10-18-16/h6-10H,4-5H2,1-3H3,(H3,17,18,19). The van der Waals surface area contributed by atoms with Crippen molar-refractivity contribution in [3.8, 4) is 11.5 Å². The molecule has 0 saturated carbocycles. The number of anilines is 3. The molecule has 0 spiro atoms. The second-order valence-electron chi connectivity index (χ2n) is 4.58. The molecule has 1 aromatic carbocycles. The molecule has 5 nitrogen and oxygen atoms in total. The summed E-state index contributed by atoms with van der Waals surface area (Å²) < 4.78 is 11.1. The molecule has 0 radical (unpaired) electrons. The van der Waals surface area contributed by atoms with Crippen LogP contribution in [-0.4, -0.2) is 18.2 Å². The van der Waals surface area contributed by atoms with Crippen molar-refractivity contribution in [2.45, 2.75) is 20.8 Å². The molecule has 112 valence electrons. The first kappa shape index (κ1) is 15.0. The molecule has 0 aliphatic heterocycles. The number of ether oxygens (including phenoxy) is 2. The normalized spacial score (nSPS) is 10.2. The molecule has 0 atom stereocenters. The van der Waals surface area contributed by atoms with Gasteiger partial charge in [0.2, 0.25) is 0 Å². The van der Waals surface area contributed by atoms with Gasteiger partial charge >= 0.3 is 0 Å². The van der Waals surface area contributed by atoms with Crippen molar-refractivity contribution >= 4 is 17.2 Å². The van der Waals surface area contributed by atoms with E-state index in [1.165, 1.54) is 0 Å². The van der Waals surface area contributed by atoms with Crippen LogP contribution in [0.25, 0.3) is 0 Å². The average molecular weight is 287 g/mol. The van der Waals surface area contributed by atoms with Gasteiger partial charge in [0.25, 0.3) is 0 Å². The van der Waals surface area contributed by atoms with E-state index in [2.05, 4.69) is 10.3 Å². The van der Waals surface area contributed by atoms with Gasteiger partial charge in [0.05, 0.1) is 13.2 Å². The summed E-state index contributed by atoms with van der Waals surface area (Å²) in [5.74, 6) is 2.15. The Hall–Kier alpha value is -2.43. The van der Waals surface area contributed by atoms with Crippen molar-refractivity contribution < 1.29 is 9.47 Å². The molecule has 1 heterocycles. The molecule has 0 aliphatic carbocycles. The van der Waals surface area contributed by atoms with Crippen LogP contribution in [0.1, 0.15) is 19.4 Å². The van der Waals surface area contributed by atoms with Crippen molar-refractivity contribution in [2.75, 3.05) is 24.3 Å². The van der Waals surface area contributed by atoms with Crippen LogP contribution in [-0.2, 0) is 0 Å². The van der Waals surface area contributed by atoms with Crippen molar-refractivity contribution in [3.63, 3.8) is 0 Å². The van der Waals surface area contributed by atoms with E-state index >= 15 is 0 Å². The number of hydrogen-bond acceptors (Lipinski definition) is 5. The third-order valence-corrected chi connectivity index (χ3v) is 2.96. The third kappa shape index (κ3) is 3.78. The number of rotatable bonds is 6. The lowest BCUT2D eigenvalue weighted by molar-refractivity contribution is 0.288. The van der Waals surface area contributed by atoms with Crippen LogP contribution in [0, 0.1) is 6.92 Å². The maximum Gasteiger partial charge on any atom is 0.163 e. The number of nitrogens with two attached hydrogens (primary N) is 1. The average Bonchev–Trinajstić information content (AvgIpc) is 2.46. The van der Waals surface area contributed by atoms with E-state index in [4.69, 9.17) is 15.2 Å². The van der Waals surface area contributed by atoms with E-state index in [-0.39, 0.29) is 0 Å². The maximum atomic E-state index is 5.89. The summed E-state index contributed by atoms with van der Waals surface area (Å²) in [6.07, 6.45) is 1.75. The van der Waals surface area contributed by atoms with Gasteiger partial charge in [-0.15, -0.1) is 0 Å². The van der Waals surface area contributed by atoms with Crippen molar-refractivity contribution in [1.29, 1.82) is 0 Å². The molecule has 5 heteroatoms. The second-order valence-corrected chi connectivity index (χ2v) is 4.58. The highest BCUT2D eigenvalue weighted by atomic mass is 16.5. The van der Waals surface area contributed by atoms with E-state index in [1.54, 1.807) is 6.20 Å². The summed E-state index contributed by atoms with van der Waals surface area (Å²) in [5.41, 5.74) is 8.44. The van der Waals surface area contributed by atoms with Gasteiger partial charge in [0, 0.05) is 29.7 Å². The lowest BCUT2D eigenvalue weighted by Gasteiger charge is -2.13. The lowest BCUT2D eigenvalue weighted by atomic mass is 10.2. The minimum Gasteiger partial charge on any atom is -0.490 e. The van der Waals surface area contributed by atoms with E-state index in [0.29, 0.717) is 30.5 Å². The Balaban J connectivity index is 2.23. The molecule has 0 aliphatic rings. The number of hydrogen-bond donors (Lipinski definition) is 2. The fourth-order valence-corrected chi connectivity index (χ4v) is 1.88. The summed E-state index contributed by atoms with van der Waals surface area (Å²) >= 11 is 0. The topological polar surface area (TPSA) is 69.4 Å². The monoisotopic (exact) mass is 287 g/mol. The van der Waals surface area contributed by atoms with E-state index in [9.17, 15) is 0 Å². The highest BCUT2D eigenvalue weighted by molar-refractivity contribution is 5.64. The molecule has 0 bridgehead atoms. The predicted molar refractivity (Wildman–Crippen MR) is 85.4 cm³/mol. The summed E-state index contributed by atoms with van der Waals surface area (Å²) in [4.78, 5) is 4.31. The summed E-state index contributed by atoms with van der Waals surface area (Å²) in [6, 6.07) is 7.51. The molecular weight excluding hydrogens is 266 g/mol. The van der Waals surface area contributed by atoms with Crippen LogP contribution in [0.15, 0.2) is 30.5 Å². The Morgan fingerprint density at radius 1 is 1.10 bits per heavy atom. The summed E-state index contributed by atoms with van der Waals surface area (Å²) in [7, 11) is 0. The van der Waals surface area contributed by atoms with Gasteiger partial charge in [-0.3, -0.25) is 0 Å². The van der Waals surface area contributed by atoms with Crippen LogP contribution in [0.4, 0.5) is 17.2 Å².